The molecule has 1 saturated heterocycles. The van der Waals surface area contributed by atoms with E-state index in [9.17, 15) is 22.8 Å². The van der Waals surface area contributed by atoms with Gasteiger partial charge in [0.05, 0.1) is 6.42 Å². The third-order valence-corrected chi connectivity index (χ3v) is 2.25. The summed E-state index contributed by atoms with van der Waals surface area (Å²) in [6.07, 6.45) is -5.05. The Morgan fingerprint density at radius 1 is 1.27 bits per heavy atom. The lowest BCUT2D eigenvalue weighted by Gasteiger charge is -2.26. The Kier molecular flexibility index (Phi) is 3.71. The molecule has 0 unspecified atom stereocenters. The molecule has 0 saturated carbocycles. The molecule has 3 nitrogen and oxygen atoms in total. The third kappa shape index (κ3) is 4.31. The lowest BCUT2D eigenvalue weighted by atomic mass is 10.1. The monoisotopic (exact) mass is 223 g/mol. The second-order valence-corrected chi connectivity index (χ2v) is 3.56. The first-order valence-corrected chi connectivity index (χ1v) is 4.75. The molecule has 0 radical (unpaired) electrons. The van der Waals surface area contributed by atoms with Crippen LogP contribution in [0.3, 0.4) is 0 Å². The molecule has 0 bridgehead atoms. The fourth-order valence-electron chi connectivity index (χ4n) is 1.46. The molecular formula is C9H12F3NO2. The maximum Gasteiger partial charge on any atom is 0.389 e. The van der Waals surface area contributed by atoms with Crippen molar-refractivity contribution in [2.75, 3.05) is 13.1 Å². The largest absolute Gasteiger partial charge is 0.389 e. The Bertz CT molecular complexity index is 263. The van der Waals surface area contributed by atoms with Crippen molar-refractivity contribution in [1.82, 2.24) is 4.90 Å². The Morgan fingerprint density at radius 2 is 1.93 bits per heavy atom. The van der Waals surface area contributed by atoms with Crippen molar-refractivity contribution in [2.24, 2.45) is 0 Å². The van der Waals surface area contributed by atoms with Crippen LogP contribution in [0.25, 0.3) is 0 Å². The molecule has 0 aromatic rings. The van der Waals surface area contributed by atoms with E-state index in [1.807, 2.05) is 0 Å². The van der Waals surface area contributed by atoms with E-state index in [1.165, 1.54) is 4.90 Å². The maximum absolute atomic E-state index is 11.8. The van der Waals surface area contributed by atoms with Gasteiger partial charge in [0.1, 0.15) is 5.78 Å². The van der Waals surface area contributed by atoms with E-state index in [4.69, 9.17) is 0 Å². The zero-order valence-electron chi connectivity index (χ0n) is 8.14. The van der Waals surface area contributed by atoms with Gasteiger partial charge in [0.2, 0.25) is 5.91 Å². The zero-order chi connectivity index (χ0) is 11.5. The van der Waals surface area contributed by atoms with Crippen molar-refractivity contribution < 1.29 is 22.8 Å². The van der Waals surface area contributed by atoms with Crippen LogP contribution in [0.4, 0.5) is 13.2 Å². The van der Waals surface area contributed by atoms with E-state index in [-0.39, 0.29) is 44.0 Å². The minimum Gasteiger partial charge on any atom is -0.342 e. The Hall–Kier alpha value is -1.07. The molecule has 1 rings (SSSR count). The van der Waals surface area contributed by atoms with Gasteiger partial charge >= 0.3 is 6.18 Å². The number of hydrogen-bond acceptors (Lipinski definition) is 2. The molecular weight excluding hydrogens is 211 g/mol. The summed E-state index contributed by atoms with van der Waals surface area (Å²) >= 11 is 0. The van der Waals surface area contributed by atoms with E-state index in [1.54, 1.807) is 0 Å². The van der Waals surface area contributed by atoms with Gasteiger partial charge in [0.25, 0.3) is 0 Å². The highest BCUT2D eigenvalue weighted by Crippen LogP contribution is 2.21. The smallest absolute Gasteiger partial charge is 0.342 e. The van der Waals surface area contributed by atoms with Crippen molar-refractivity contribution in [2.45, 2.75) is 31.9 Å². The number of carbonyl (C=O) groups excluding carboxylic acids is 2. The third-order valence-electron chi connectivity index (χ3n) is 2.25. The first kappa shape index (κ1) is 12.0. The summed E-state index contributed by atoms with van der Waals surface area (Å²) in [6.45, 7) is 0.348. The molecule has 0 N–H and O–H groups in total. The fourth-order valence-corrected chi connectivity index (χ4v) is 1.46. The van der Waals surface area contributed by atoms with Crippen molar-refractivity contribution in [3.8, 4) is 0 Å². The molecule has 6 heteroatoms. The Morgan fingerprint density at radius 3 is 2.47 bits per heavy atom. The van der Waals surface area contributed by atoms with E-state index in [0.717, 1.165) is 0 Å². The van der Waals surface area contributed by atoms with E-state index < -0.39 is 12.6 Å². The highest BCUT2D eigenvalue weighted by molar-refractivity contribution is 6.00. The van der Waals surface area contributed by atoms with Crippen LogP contribution in [0.5, 0.6) is 0 Å². The molecule has 1 amide bonds. The number of halogens is 3. The van der Waals surface area contributed by atoms with Crippen LogP contribution in [0.15, 0.2) is 0 Å². The quantitative estimate of drug-likeness (QED) is 0.680. The van der Waals surface area contributed by atoms with Gasteiger partial charge in [-0.1, -0.05) is 0 Å². The number of hydrogen-bond donors (Lipinski definition) is 0. The van der Waals surface area contributed by atoms with Crippen molar-refractivity contribution in [1.29, 1.82) is 0 Å². The predicted octanol–water partition coefficient (Wildman–Crippen LogP) is 1.52. The summed E-state index contributed by atoms with van der Waals surface area (Å²) in [6, 6.07) is 0. The highest BCUT2D eigenvalue weighted by atomic mass is 19.4. The molecule has 15 heavy (non-hydrogen) atoms. The average Bonchev–Trinajstić information content (AvgIpc) is 2.07. The minimum absolute atomic E-state index is 0.0889. The van der Waals surface area contributed by atoms with Gasteiger partial charge in [-0.05, 0) is 6.42 Å². The van der Waals surface area contributed by atoms with Crippen LogP contribution >= 0.6 is 0 Å². The van der Waals surface area contributed by atoms with Crippen LogP contribution in [0, 0.1) is 0 Å². The average molecular weight is 223 g/mol. The van der Waals surface area contributed by atoms with Gasteiger partial charge in [0, 0.05) is 25.9 Å². The van der Waals surface area contributed by atoms with Crippen LogP contribution in [-0.2, 0) is 9.59 Å². The second-order valence-electron chi connectivity index (χ2n) is 3.56. The second kappa shape index (κ2) is 4.63. The molecule has 0 aromatic carbocycles. The summed E-state index contributed by atoms with van der Waals surface area (Å²) < 4.78 is 35.4. The number of Topliss-reactive ketones (excluding diaryl/α,β-unsaturated/α-hetero) is 1. The van der Waals surface area contributed by atoms with Gasteiger partial charge < -0.3 is 4.90 Å². The summed E-state index contributed by atoms with van der Waals surface area (Å²) in [5, 5.41) is 0. The van der Waals surface area contributed by atoms with Crippen LogP contribution in [-0.4, -0.2) is 35.9 Å². The topological polar surface area (TPSA) is 37.4 Å². The highest BCUT2D eigenvalue weighted by Gasteiger charge is 2.28. The van der Waals surface area contributed by atoms with Crippen molar-refractivity contribution in [3.63, 3.8) is 0 Å². The van der Waals surface area contributed by atoms with Crippen molar-refractivity contribution >= 4 is 11.7 Å². The van der Waals surface area contributed by atoms with E-state index in [0.29, 0.717) is 0 Å². The SMILES string of the molecule is O=C1CCN(CCCC(F)(F)F)C(=O)C1. The Balaban J connectivity index is 2.27. The first-order chi connectivity index (χ1) is 6.88. The molecule has 1 heterocycles. The first-order valence-electron chi connectivity index (χ1n) is 4.75. The van der Waals surface area contributed by atoms with Crippen LogP contribution in [0.2, 0.25) is 0 Å². The van der Waals surface area contributed by atoms with Gasteiger partial charge in [-0.3, -0.25) is 9.59 Å². The number of alkyl halides is 3. The molecule has 0 aliphatic carbocycles. The molecule has 1 aliphatic rings. The molecule has 1 aliphatic heterocycles. The van der Waals surface area contributed by atoms with Gasteiger partial charge in [-0.15, -0.1) is 0 Å². The number of carbonyl (C=O) groups is 2. The number of nitrogens with zero attached hydrogens (tertiary/aromatic N) is 1. The molecule has 0 spiro atoms. The minimum atomic E-state index is -4.17. The predicted molar refractivity (Wildman–Crippen MR) is 46.1 cm³/mol. The van der Waals surface area contributed by atoms with Crippen LogP contribution in [0.1, 0.15) is 25.7 Å². The van der Waals surface area contributed by atoms with Gasteiger partial charge in [0.15, 0.2) is 0 Å². The number of amides is 1. The van der Waals surface area contributed by atoms with Gasteiger partial charge in [-0.25, -0.2) is 0 Å². The van der Waals surface area contributed by atoms with Crippen LogP contribution < -0.4 is 0 Å². The number of piperidine rings is 1. The molecule has 0 aromatic heterocycles. The summed E-state index contributed by atoms with van der Waals surface area (Å²) in [5.41, 5.74) is 0. The lowest BCUT2D eigenvalue weighted by Crippen LogP contribution is -2.39. The maximum atomic E-state index is 11.8. The number of likely N-dealkylation sites (tertiary alicyclic amines) is 1. The zero-order valence-corrected chi connectivity index (χ0v) is 8.14. The van der Waals surface area contributed by atoms with E-state index in [2.05, 4.69) is 0 Å². The number of rotatable bonds is 3. The summed E-state index contributed by atoms with van der Waals surface area (Å²) in [5.74, 6) is -0.486. The fraction of sp³-hybridized carbons (Fsp3) is 0.778. The summed E-state index contributed by atoms with van der Waals surface area (Å²) in [7, 11) is 0. The number of ketones is 1. The standard InChI is InChI=1S/C9H12F3NO2/c10-9(11,12)3-1-4-13-5-2-7(14)6-8(13)15/h1-6H2. The Labute approximate surface area is 85.2 Å². The summed E-state index contributed by atoms with van der Waals surface area (Å²) in [4.78, 5) is 23.3. The van der Waals surface area contributed by atoms with E-state index >= 15 is 0 Å². The van der Waals surface area contributed by atoms with Crippen molar-refractivity contribution in [3.05, 3.63) is 0 Å². The molecule has 1 fully saturated rings. The molecule has 0 atom stereocenters. The normalized spacial score (nSPS) is 18.5. The molecule has 86 valence electrons. The lowest BCUT2D eigenvalue weighted by molar-refractivity contribution is -0.144. The van der Waals surface area contributed by atoms with Gasteiger partial charge in [-0.2, -0.15) is 13.2 Å².